The molecule has 0 aliphatic rings. The smallest absolute Gasteiger partial charge is 0.0589 e. The van der Waals surface area contributed by atoms with Crippen LogP contribution in [0.25, 0.3) is 0 Å². The van der Waals surface area contributed by atoms with Crippen molar-refractivity contribution in [3.05, 3.63) is 0 Å². The Balaban J connectivity index is 3.77. The van der Waals surface area contributed by atoms with E-state index in [0.29, 0.717) is 6.04 Å². The van der Waals surface area contributed by atoms with E-state index in [9.17, 15) is 0 Å². The van der Waals surface area contributed by atoms with Gasteiger partial charge in [-0.15, -0.1) is 0 Å². The Labute approximate surface area is 95.2 Å². The van der Waals surface area contributed by atoms with E-state index in [4.69, 9.17) is 4.74 Å². The summed E-state index contributed by atoms with van der Waals surface area (Å²) in [6.07, 6.45) is 2.41. The molecule has 1 atom stereocenters. The third-order valence-corrected chi connectivity index (χ3v) is 2.71. The first-order chi connectivity index (χ1) is 7.28. The lowest BCUT2D eigenvalue weighted by atomic mass is 10.2. The summed E-state index contributed by atoms with van der Waals surface area (Å²) >= 11 is 0. The fourth-order valence-electron chi connectivity index (χ4n) is 1.60. The SMILES string of the molecule is CCCNC(CC)CN(CC)CCOC. The molecule has 0 saturated heterocycles. The van der Waals surface area contributed by atoms with Gasteiger partial charge < -0.3 is 10.1 Å². The fraction of sp³-hybridized carbons (Fsp3) is 1.00. The summed E-state index contributed by atoms with van der Waals surface area (Å²) in [7, 11) is 1.76. The lowest BCUT2D eigenvalue weighted by Crippen LogP contribution is -2.42. The van der Waals surface area contributed by atoms with Crippen molar-refractivity contribution in [1.29, 1.82) is 0 Å². The van der Waals surface area contributed by atoms with E-state index in [-0.39, 0.29) is 0 Å². The first-order valence-electron chi connectivity index (χ1n) is 6.23. The number of rotatable bonds is 10. The van der Waals surface area contributed by atoms with Gasteiger partial charge in [0, 0.05) is 26.2 Å². The zero-order valence-corrected chi connectivity index (χ0v) is 10.9. The summed E-state index contributed by atoms with van der Waals surface area (Å²) in [6, 6.07) is 0.627. The first-order valence-corrected chi connectivity index (χ1v) is 6.23. The van der Waals surface area contributed by atoms with E-state index in [1.165, 1.54) is 12.8 Å². The van der Waals surface area contributed by atoms with Crippen LogP contribution in [0, 0.1) is 0 Å². The molecule has 0 aliphatic carbocycles. The van der Waals surface area contributed by atoms with Gasteiger partial charge >= 0.3 is 0 Å². The Morgan fingerprint density at radius 1 is 1.27 bits per heavy atom. The van der Waals surface area contributed by atoms with Crippen LogP contribution in [0.1, 0.15) is 33.6 Å². The van der Waals surface area contributed by atoms with Gasteiger partial charge in [-0.25, -0.2) is 0 Å². The van der Waals surface area contributed by atoms with Crippen LogP contribution in [-0.2, 0) is 4.74 Å². The Hall–Kier alpha value is -0.120. The average Bonchev–Trinajstić information content (AvgIpc) is 2.28. The van der Waals surface area contributed by atoms with Crippen molar-refractivity contribution in [2.75, 3.05) is 39.9 Å². The van der Waals surface area contributed by atoms with E-state index in [0.717, 1.165) is 32.8 Å². The van der Waals surface area contributed by atoms with Crippen molar-refractivity contribution in [3.8, 4) is 0 Å². The molecule has 0 amide bonds. The molecule has 92 valence electrons. The van der Waals surface area contributed by atoms with E-state index in [2.05, 4.69) is 31.0 Å². The quantitative estimate of drug-likeness (QED) is 0.602. The molecule has 0 saturated carbocycles. The number of nitrogens with zero attached hydrogens (tertiary/aromatic N) is 1. The summed E-state index contributed by atoms with van der Waals surface area (Å²) in [6.45, 7) is 11.9. The number of methoxy groups -OCH3 is 1. The van der Waals surface area contributed by atoms with Crippen LogP contribution in [0.3, 0.4) is 0 Å². The molecule has 1 N–H and O–H groups in total. The summed E-state index contributed by atoms with van der Waals surface area (Å²) in [4.78, 5) is 2.44. The zero-order chi connectivity index (χ0) is 11.5. The maximum atomic E-state index is 5.11. The van der Waals surface area contributed by atoms with Crippen LogP contribution in [0.15, 0.2) is 0 Å². The fourth-order valence-corrected chi connectivity index (χ4v) is 1.60. The highest BCUT2D eigenvalue weighted by Crippen LogP contribution is 1.97. The van der Waals surface area contributed by atoms with Gasteiger partial charge in [-0.1, -0.05) is 20.8 Å². The van der Waals surface area contributed by atoms with Gasteiger partial charge in [-0.05, 0) is 25.9 Å². The molecular formula is C12H28N2O. The van der Waals surface area contributed by atoms with E-state index in [1.807, 2.05) is 0 Å². The summed E-state index contributed by atoms with van der Waals surface area (Å²) in [5.41, 5.74) is 0. The van der Waals surface area contributed by atoms with Gasteiger partial charge in [0.1, 0.15) is 0 Å². The largest absolute Gasteiger partial charge is 0.383 e. The molecule has 0 fully saturated rings. The highest BCUT2D eigenvalue weighted by atomic mass is 16.5. The van der Waals surface area contributed by atoms with E-state index >= 15 is 0 Å². The van der Waals surface area contributed by atoms with Crippen molar-refractivity contribution in [2.24, 2.45) is 0 Å². The van der Waals surface area contributed by atoms with Crippen LogP contribution < -0.4 is 5.32 Å². The predicted octanol–water partition coefficient (Wildman–Crippen LogP) is 1.73. The molecule has 15 heavy (non-hydrogen) atoms. The second-order valence-electron chi connectivity index (χ2n) is 3.95. The highest BCUT2D eigenvalue weighted by molar-refractivity contribution is 4.70. The molecule has 0 heterocycles. The van der Waals surface area contributed by atoms with Crippen molar-refractivity contribution >= 4 is 0 Å². The molecule has 3 nitrogen and oxygen atoms in total. The summed E-state index contributed by atoms with van der Waals surface area (Å²) < 4.78 is 5.11. The van der Waals surface area contributed by atoms with Crippen LogP contribution in [0.4, 0.5) is 0 Å². The molecule has 0 bridgehead atoms. The van der Waals surface area contributed by atoms with Gasteiger partial charge in [0.2, 0.25) is 0 Å². The van der Waals surface area contributed by atoms with Gasteiger partial charge in [-0.2, -0.15) is 0 Å². The number of likely N-dealkylation sites (N-methyl/N-ethyl adjacent to an activating group) is 1. The average molecular weight is 216 g/mol. The highest BCUT2D eigenvalue weighted by Gasteiger charge is 2.09. The lowest BCUT2D eigenvalue weighted by molar-refractivity contribution is 0.143. The van der Waals surface area contributed by atoms with Crippen molar-refractivity contribution in [1.82, 2.24) is 10.2 Å². The Morgan fingerprint density at radius 2 is 2.00 bits per heavy atom. The van der Waals surface area contributed by atoms with Gasteiger partial charge in [0.15, 0.2) is 0 Å². The maximum Gasteiger partial charge on any atom is 0.0589 e. The first kappa shape index (κ1) is 14.9. The van der Waals surface area contributed by atoms with Gasteiger partial charge in [0.05, 0.1) is 6.61 Å². The minimum Gasteiger partial charge on any atom is -0.383 e. The Morgan fingerprint density at radius 3 is 2.47 bits per heavy atom. The molecule has 0 aromatic rings. The number of ether oxygens (including phenoxy) is 1. The standard InChI is InChI=1S/C12H28N2O/c1-5-8-13-12(6-2)11-14(7-3)9-10-15-4/h12-13H,5-11H2,1-4H3. The molecule has 0 aliphatic heterocycles. The van der Waals surface area contributed by atoms with E-state index in [1.54, 1.807) is 7.11 Å². The van der Waals surface area contributed by atoms with Crippen LogP contribution >= 0.6 is 0 Å². The number of nitrogens with one attached hydrogen (secondary N) is 1. The molecule has 0 radical (unpaired) electrons. The van der Waals surface area contributed by atoms with Gasteiger partial charge in [-0.3, -0.25) is 4.90 Å². The molecule has 0 aromatic heterocycles. The normalized spacial score (nSPS) is 13.4. The van der Waals surface area contributed by atoms with Crippen LogP contribution in [-0.4, -0.2) is 50.8 Å². The van der Waals surface area contributed by atoms with Crippen molar-refractivity contribution in [2.45, 2.75) is 39.7 Å². The third-order valence-electron chi connectivity index (χ3n) is 2.71. The molecule has 3 heteroatoms. The number of hydrogen-bond acceptors (Lipinski definition) is 3. The monoisotopic (exact) mass is 216 g/mol. The predicted molar refractivity (Wildman–Crippen MR) is 66.4 cm³/mol. The Kier molecular flexibility index (Phi) is 10.3. The number of hydrogen-bond donors (Lipinski definition) is 1. The summed E-state index contributed by atoms with van der Waals surface area (Å²) in [5, 5.41) is 3.58. The zero-order valence-electron chi connectivity index (χ0n) is 10.9. The molecule has 0 rings (SSSR count). The molecular weight excluding hydrogens is 188 g/mol. The molecule has 0 aromatic carbocycles. The van der Waals surface area contributed by atoms with Gasteiger partial charge in [0.25, 0.3) is 0 Å². The van der Waals surface area contributed by atoms with E-state index < -0.39 is 0 Å². The second-order valence-corrected chi connectivity index (χ2v) is 3.95. The third kappa shape index (κ3) is 7.77. The topological polar surface area (TPSA) is 24.5 Å². The van der Waals surface area contributed by atoms with Crippen molar-refractivity contribution < 1.29 is 4.74 Å². The lowest BCUT2D eigenvalue weighted by Gasteiger charge is -2.26. The minimum absolute atomic E-state index is 0.627. The maximum absolute atomic E-state index is 5.11. The Bertz CT molecular complexity index is 117. The second kappa shape index (κ2) is 10.4. The molecule has 1 unspecified atom stereocenters. The molecule has 0 spiro atoms. The minimum atomic E-state index is 0.627. The van der Waals surface area contributed by atoms with Crippen LogP contribution in [0.5, 0.6) is 0 Å². The van der Waals surface area contributed by atoms with Crippen LogP contribution in [0.2, 0.25) is 0 Å². The summed E-state index contributed by atoms with van der Waals surface area (Å²) in [5.74, 6) is 0. The van der Waals surface area contributed by atoms with Crippen molar-refractivity contribution in [3.63, 3.8) is 0 Å².